The third-order valence-electron chi connectivity index (χ3n) is 2.82. The van der Waals surface area contributed by atoms with E-state index in [1.54, 1.807) is 18.0 Å². The number of aromatic nitrogens is 2. The molecule has 1 aromatic heterocycles. The van der Waals surface area contributed by atoms with Gasteiger partial charge in [0.25, 0.3) is 0 Å². The lowest BCUT2D eigenvalue weighted by atomic mass is 10.3. The molecule has 108 valence electrons. The summed E-state index contributed by atoms with van der Waals surface area (Å²) in [7, 11) is 0. The molecule has 6 heteroatoms. The zero-order valence-corrected chi connectivity index (χ0v) is 15.1. The van der Waals surface area contributed by atoms with Gasteiger partial charge in [-0.05, 0) is 50.4 Å². The summed E-state index contributed by atoms with van der Waals surface area (Å²) < 4.78 is 3.79. The predicted molar refractivity (Wildman–Crippen MR) is 90.0 cm³/mol. The number of aryl methyl sites for hydroxylation is 1. The molecule has 1 N–H and O–H groups in total. The number of hydrogen-bond acceptors (Lipinski definition) is 3. The highest BCUT2D eigenvalue weighted by Gasteiger charge is 2.18. The fourth-order valence-corrected chi connectivity index (χ4v) is 3.97. The number of aliphatic hydroxyl groups is 1. The van der Waals surface area contributed by atoms with E-state index < -0.39 is 6.10 Å². The molecule has 1 atom stereocenters. The number of aliphatic hydroxyl groups excluding tert-OH is 1. The van der Waals surface area contributed by atoms with Crippen LogP contribution in [0.25, 0.3) is 0 Å². The quantitative estimate of drug-likeness (QED) is 0.692. The Morgan fingerprint density at radius 3 is 2.75 bits per heavy atom. The van der Waals surface area contributed by atoms with Crippen LogP contribution < -0.4 is 0 Å². The van der Waals surface area contributed by atoms with E-state index in [0.717, 1.165) is 32.5 Å². The fraction of sp³-hybridized carbons (Fsp3) is 0.357. The first-order chi connectivity index (χ1) is 9.63. The lowest BCUT2D eigenvalue weighted by molar-refractivity contribution is 0.190. The van der Waals surface area contributed by atoms with Crippen LogP contribution in [0.4, 0.5) is 0 Å². The average molecular weight is 420 g/mol. The molecular weight excluding hydrogens is 404 g/mol. The van der Waals surface area contributed by atoms with E-state index in [4.69, 9.17) is 0 Å². The van der Waals surface area contributed by atoms with Gasteiger partial charge in [-0.1, -0.05) is 19.1 Å². The minimum atomic E-state index is -0.546. The van der Waals surface area contributed by atoms with Crippen LogP contribution in [-0.4, -0.2) is 20.6 Å². The molecule has 0 fully saturated rings. The van der Waals surface area contributed by atoms with Crippen LogP contribution in [0, 0.1) is 0 Å². The van der Waals surface area contributed by atoms with Crippen molar-refractivity contribution < 1.29 is 5.11 Å². The minimum Gasteiger partial charge on any atom is -0.386 e. The third kappa shape index (κ3) is 3.87. The first-order valence-electron chi connectivity index (χ1n) is 6.40. The smallest absolute Gasteiger partial charge is 0.106 e. The Kier molecular flexibility index (Phi) is 6.14. The molecule has 0 bridgehead atoms. The maximum absolute atomic E-state index is 10.4. The van der Waals surface area contributed by atoms with Gasteiger partial charge in [0.2, 0.25) is 0 Å². The molecular formula is C14H16Br2N2OS. The van der Waals surface area contributed by atoms with Crippen molar-refractivity contribution in [3.8, 4) is 0 Å². The van der Waals surface area contributed by atoms with E-state index in [9.17, 15) is 5.11 Å². The van der Waals surface area contributed by atoms with Crippen LogP contribution in [0.2, 0.25) is 0 Å². The van der Waals surface area contributed by atoms with E-state index in [1.165, 1.54) is 0 Å². The monoisotopic (exact) mass is 418 g/mol. The van der Waals surface area contributed by atoms with Gasteiger partial charge in [-0.2, -0.15) is 5.10 Å². The summed E-state index contributed by atoms with van der Waals surface area (Å²) in [5.41, 5.74) is 0.853. The van der Waals surface area contributed by atoms with Gasteiger partial charge >= 0.3 is 0 Å². The van der Waals surface area contributed by atoms with Gasteiger partial charge in [0.05, 0.1) is 16.4 Å². The molecule has 20 heavy (non-hydrogen) atoms. The summed E-state index contributed by atoms with van der Waals surface area (Å²) in [5.74, 6) is 0.594. The number of nitrogens with zero attached hydrogens (tertiary/aromatic N) is 2. The van der Waals surface area contributed by atoms with Crippen molar-refractivity contribution in [2.24, 2.45) is 0 Å². The maximum Gasteiger partial charge on any atom is 0.106 e. The van der Waals surface area contributed by atoms with Gasteiger partial charge in [-0.3, -0.25) is 4.68 Å². The summed E-state index contributed by atoms with van der Waals surface area (Å²) in [5, 5.41) is 14.7. The molecule has 0 aliphatic carbocycles. The molecule has 0 radical (unpaired) electrons. The van der Waals surface area contributed by atoms with Crippen LogP contribution in [0.1, 0.15) is 25.1 Å². The highest BCUT2D eigenvalue weighted by molar-refractivity contribution is 9.10. The molecule has 3 nitrogen and oxygen atoms in total. The largest absolute Gasteiger partial charge is 0.386 e. The third-order valence-corrected chi connectivity index (χ3v) is 5.53. The number of hydrogen-bond donors (Lipinski definition) is 1. The Morgan fingerprint density at radius 1 is 1.30 bits per heavy atom. The molecule has 0 amide bonds. The molecule has 2 rings (SSSR count). The first-order valence-corrected chi connectivity index (χ1v) is 8.97. The van der Waals surface area contributed by atoms with E-state index in [0.29, 0.717) is 5.75 Å². The van der Waals surface area contributed by atoms with Crippen molar-refractivity contribution in [2.75, 3.05) is 5.75 Å². The number of thioether (sulfide) groups is 1. The van der Waals surface area contributed by atoms with E-state index >= 15 is 0 Å². The molecule has 0 spiro atoms. The van der Waals surface area contributed by atoms with Gasteiger partial charge in [-0.25, -0.2) is 0 Å². The fourth-order valence-electron chi connectivity index (χ4n) is 1.90. The zero-order valence-electron chi connectivity index (χ0n) is 11.1. The van der Waals surface area contributed by atoms with Crippen molar-refractivity contribution in [2.45, 2.75) is 30.9 Å². The average Bonchev–Trinajstić information content (AvgIpc) is 2.79. The van der Waals surface area contributed by atoms with Crippen LogP contribution in [0.3, 0.4) is 0 Å². The van der Waals surface area contributed by atoms with Crippen LogP contribution in [0.5, 0.6) is 0 Å². The molecule has 0 saturated carbocycles. The topological polar surface area (TPSA) is 38.0 Å². The van der Waals surface area contributed by atoms with Gasteiger partial charge in [0.1, 0.15) is 6.10 Å². The van der Waals surface area contributed by atoms with Crippen LogP contribution in [0.15, 0.2) is 44.3 Å². The summed E-state index contributed by atoms with van der Waals surface area (Å²) in [4.78, 5) is 1.13. The van der Waals surface area contributed by atoms with E-state index in [1.807, 2.05) is 28.9 Å². The molecule has 0 aliphatic heterocycles. The van der Waals surface area contributed by atoms with Crippen molar-refractivity contribution in [3.05, 3.63) is 45.1 Å². The lowest BCUT2D eigenvalue weighted by Gasteiger charge is -2.14. The van der Waals surface area contributed by atoms with E-state index in [2.05, 4.69) is 43.9 Å². The molecule has 0 saturated heterocycles. The highest BCUT2D eigenvalue weighted by atomic mass is 79.9. The number of halogens is 2. The molecule has 1 unspecified atom stereocenters. The van der Waals surface area contributed by atoms with E-state index in [-0.39, 0.29) is 0 Å². The Balaban J connectivity index is 2.07. The predicted octanol–water partition coefficient (Wildman–Crippen LogP) is 4.64. The van der Waals surface area contributed by atoms with Gasteiger partial charge in [-0.15, -0.1) is 11.8 Å². The summed E-state index contributed by atoms with van der Waals surface area (Å²) in [6.07, 6.45) is 2.19. The van der Waals surface area contributed by atoms with Crippen LogP contribution in [-0.2, 0) is 6.54 Å². The van der Waals surface area contributed by atoms with Crippen molar-refractivity contribution in [1.82, 2.24) is 9.78 Å². The van der Waals surface area contributed by atoms with Crippen molar-refractivity contribution >= 4 is 43.6 Å². The lowest BCUT2D eigenvalue weighted by Crippen LogP contribution is -2.11. The summed E-state index contributed by atoms with van der Waals surface area (Å²) in [6, 6.07) is 8.03. The highest BCUT2D eigenvalue weighted by Crippen LogP contribution is 2.32. The second kappa shape index (κ2) is 7.64. The standard InChI is InChI=1S/C14H16Br2N2OS/c1-2-7-18-14(11(16)8-17-18)12(19)9-20-13-6-4-3-5-10(13)15/h3-6,8,12,19H,2,7,9H2,1H3. The first kappa shape index (κ1) is 16.1. The molecule has 2 aromatic rings. The van der Waals surface area contributed by atoms with Gasteiger partial charge in [0.15, 0.2) is 0 Å². The number of benzene rings is 1. The molecule has 0 aliphatic rings. The second-order valence-electron chi connectivity index (χ2n) is 4.36. The van der Waals surface area contributed by atoms with Crippen LogP contribution >= 0.6 is 43.6 Å². The Morgan fingerprint density at radius 2 is 2.05 bits per heavy atom. The normalized spacial score (nSPS) is 12.6. The van der Waals surface area contributed by atoms with Gasteiger partial charge in [0, 0.05) is 21.7 Å². The number of rotatable bonds is 6. The zero-order chi connectivity index (χ0) is 14.5. The van der Waals surface area contributed by atoms with Crippen molar-refractivity contribution in [1.29, 1.82) is 0 Å². The van der Waals surface area contributed by atoms with Crippen molar-refractivity contribution in [3.63, 3.8) is 0 Å². The Labute approximate surface area is 140 Å². The Hall–Kier alpha value is -0.300. The Bertz CT molecular complexity index is 574. The molecule has 1 aromatic carbocycles. The maximum atomic E-state index is 10.4. The second-order valence-corrected chi connectivity index (χ2v) is 7.13. The van der Waals surface area contributed by atoms with Gasteiger partial charge < -0.3 is 5.11 Å². The molecule has 1 heterocycles. The SMILES string of the molecule is CCCn1ncc(Br)c1C(O)CSc1ccccc1Br. The summed E-state index contributed by atoms with van der Waals surface area (Å²) in [6.45, 7) is 2.92. The summed E-state index contributed by atoms with van der Waals surface area (Å²) >= 11 is 8.62. The minimum absolute atomic E-state index is 0.546.